The minimum atomic E-state index is 0.448. The summed E-state index contributed by atoms with van der Waals surface area (Å²) in [6.45, 7) is 11.4. The fourth-order valence-corrected chi connectivity index (χ4v) is 5.06. The van der Waals surface area contributed by atoms with Crippen molar-refractivity contribution in [3.63, 3.8) is 0 Å². The minimum Gasteiger partial charge on any atom is -0.254 e. The van der Waals surface area contributed by atoms with Gasteiger partial charge in [-0.2, -0.15) is 0 Å². The van der Waals surface area contributed by atoms with Crippen LogP contribution in [-0.2, 0) is 7.05 Å². The van der Waals surface area contributed by atoms with E-state index < -0.39 is 0 Å². The van der Waals surface area contributed by atoms with Crippen LogP contribution in [0.3, 0.4) is 0 Å². The molecule has 3 nitrogen and oxygen atoms in total. The van der Waals surface area contributed by atoms with Gasteiger partial charge in [-0.25, -0.2) is 0 Å². The topological polar surface area (TPSA) is 21.2 Å². The summed E-state index contributed by atoms with van der Waals surface area (Å²) in [5.74, 6) is 0.896. The molecule has 0 fully saturated rings. The van der Waals surface area contributed by atoms with Gasteiger partial charge in [-0.15, -0.1) is 9.20 Å². The lowest BCUT2D eigenvalue weighted by atomic mass is 9.85. The van der Waals surface area contributed by atoms with Crippen LogP contribution in [0.15, 0.2) is 60.9 Å². The van der Waals surface area contributed by atoms with Crippen molar-refractivity contribution >= 4 is 27.3 Å². The second-order valence-electron chi connectivity index (χ2n) is 9.27. The lowest BCUT2D eigenvalue weighted by Crippen LogP contribution is -2.34. The molecule has 0 aliphatic carbocycles. The molecule has 0 saturated carbocycles. The second kappa shape index (κ2) is 7.19. The number of pyridine rings is 2. The van der Waals surface area contributed by atoms with E-state index in [1.165, 1.54) is 49.6 Å². The Balaban J connectivity index is 2.07. The summed E-state index contributed by atoms with van der Waals surface area (Å²) in [6, 6.07) is 17.6. The molecule has 3 heteroatoms. The maximum Gasteiger partial charge on any atom is 0.204 e. The lowest BCUT2D eigenvalue weighted by Gasteiger charge is -2.18. The first kappa shape index (κ1) is 19.7. The van der Waals surface area contributed by atoms with Gasteiger partial charge in [0.25, 0.3) is 0 Å². The van der Waals surface area contributed by atoms with Gasteiger partial charge in [0.05, 0.1) is 5.56 Å². The summed E-state index contributed by atoms with van der Waals surface area (Å²) in [5, 5.41) is 2.46. The summed E-state index contributed by atoms with van der Waals surface area (Å²) in [7, 11) is 2.14. The fourth-order valence-electron chi connectivity index (χ4n) is 5.06. The van der Waals surface area contributed by atoms with Crippen molar-refractivity contribution < 1.29 is 4.68 Å². The van der Waals surface area contributed by atoms with Crippen LogP contribution in [-0.4, -0.2) is 9.50 Å². The van der Waals surface area contributed by atoms with Gasteiger partial charge in [0.15, 0.2) is 7.05 Å². The normalized spacial score (nSPS) is 12.1. The number of aryl methyl sites for hydroxylation is 2. The summed E-state index contributed by atoms with van der Waals surface area (Å²) in [6.07, 6.45) is 4.23. The molecular weight excluding hydrogens is 378 g/mol. The van der Waals surface area contributed by atoms with Gasteiger partial charge < -0.3 is 0 Å². The number of aromatic nitrogens is 3. The molecule has 31 heavy (non-hydrogen) atoms. The van der Waals surface area contributed by atoms with Crippen molar-refractivity contribution in [1.82, 2.24) is 9.50 Å². The highest BCUT2D eigenvalue weighted by Crippen LogP contribution is 2.41. The molecule has 0 saturated heterocycles. The van der Waals surface area contributed by atoms with Crippen molar-refractivity contribution in [3.05, 3.63) is 77.6 Å². The quantitative estimate of drug-likeness (QED) is 0.241. The van der Waals surface area contributed by atoms with Gasteiger partial charge in [-0.1, -0.05) is 70.2 Å². The third-order valence-corrected chi connectivity index (χ3v) is 6.52. The highest BCUT2D eigenvalue weighted by atomic mass is 15.3. The van der Waals surface area contributed by atoms with E-state index in [0.717, 1.165) is 5.52 Å². The average molecular weight is 409 g/mol. The predicted octanol–water partition coefficient (Wildman–Crippen LogP) is 6.69. The summed E-state index contributed by atoms with van der Waals surface area (Å²) >= 11 is 0. The van der Waals surface area contributed by atoms with E-state index in [9.17, 15) is 0 Å². The van der Waals surface area contributed by atoms with Crippen molar-refractivity contribution in [2.75, 3.05) is 0 Å². The van der Waals surface area contributed by atoms with Gasteiger partial charge in [0.1, 0.15) is 16.6 Å². The van der Waals surface area contributed by atoms with Crippen molar-refractivity contribution in [1.29, 1.82) is 0 Å². The Morgan fingerprint density at radius 3 is 2.10 bits per heavy atom. The third kappa shape index (κ3) is 2.87. The molecular formula is C28H30N3+. The van der Waals surface area contributed by atoms with E-state index in [-0.39, 0.29) is 0 Å². The van der Waals surface area contributed by atoms with Crippen molar-refractivity contribution in [3.8, 4) is 11.1 Å². The molecule has 0 unspecified atom stereocenters. The third-order valence-electron chi connectivity index (χ3n) is 6.52. The van der Waals surface area contributed by atoms with Crippen molar-refractivity contribution in [2.45, 2.75) is 46.5 Å². The Kier molecular flexibility index (Phi) is 4.58. The largest absolute Gasteiger partial charge is 0.254 e. The Bertz CT molecular complexity index is 1430. The van der Waals surface area contributed by atoms with E-state index in [2.05, 4.69) is 106 Å². The molecule has 0 bridgehead atoms. The maximum absolute atomic E-state index is 4.80. The molecule has 0 aliphatic heterocycles. The van der Waals surface area contributed by atoms with Gasteiger partial charge in [-0.05, 0) is 47.1 Å². The molecule has 2 aromatic carbocycles. The zero-order chi connectivity index (χ0) is 21.9. The first-order chi connectivity index (χ1) is 14.9. The Labute approximate surface area is 184 Å². The minimum absolute atomic E-state index is 0.448. The highest BCUT2D eigenvalue weighted by Gasteiger charge is 2.26. The number of hydrogen-bond acceptors (Lipinski definition) is 1. The smallest absolute Gasteiger partial charge is 0.204 e. The molecule has 0 N–H and O–H groups in total. The first-order valence-electron chi connectivity index (χ1n) is 11.2. The number of hydrogen-bond donors (Lipinski definition) is 0. The molecule has 0 aliphatic rings. The van der Waals surface area contributed by atoms with E-state index in [4.69, 9.17) is 4.98 Å². The Morgan fingerprint density at radius 2 is 1.45 bits per heavy atom. The number of fused-ring (bicyclic) bond motifs is 6. The summed E-state index contributed by atoms with van der Waals surface area (Å²) in [5.41, 5.74) is 10.2. The van der Waals surface area contributed by atoms with Gasteiger partial charge in [0.2, 0.25) is 6.20 Å². The Hall–Kier alpha value is -3.20. The van der Waals surface area contributed by atoms with Gasteiger partial charge >= 0.3 is 0 Å². The Morgan fingerprint density at radius 1 is 0.806 bits per heavy atom. The molecule has 156 valence electrons. The van der Waals surface area contributed by atoms with Crippen molar-refractivity contribution in [2.24, 2.45) is 7.05 Å². The van der Waals surface area contributed by atoms with Crippen LogP contribution in [0.5, 0.6) is 0 Å². The standard InChI is InChI=1S/C28H30N3/c1-17(2)20-12-9-13-21(18(3)4)25(20)24-16-30(6)31-27-19(5)14-15-29-26(27)22-10-7-8-11-23(22)28(24)31/h7-18H,1-6H3/q+1. The molecule has 0 amide bonds. The monoisotopic (exact) mass is 408 g/mol. The van der Waals surface area contributed by atoms with Gasteiger partial charge in [-0.3, -0.25) is 4.98 Å². The summed E-state index contributed by atoms with van der Waals surface area (Å²) < 4.78 is 4.59. The highest BCUT2D eigenvalue weighted by molar-refractivity contribution is 6.14. The number of rotatable bonds is 3. The molecule has 5 aromatic rings. The molecule has 0 spiro atoms. The zero-order valence-electron chi connectivity index (χ0n) is 19.3. The van der Waals surface area contributed by atoms with Gasteiger partial charge in [0, 0.05) is 17.0 Å². The molecule has 3 heterocycles. The zero-order valence-corrected chi connectivity index (χ0v) is 19.3. The SMILES string of the molecule is Cc1ccnc2c3ccccc3c3c(-c4c(C(C)C)cccc4C(C)C)c[n+](C)n3c12. The van der Waals surface area contributed by atoms with E-state index in [0.29, 0.717) is 11.8 Å². The average Bonchev–Trinajstić information content (AvgIpc) is 3.10. The van der Waals surface area contributed by atoms with Crippen LogP contribution in [0, 0.1) is 6.92 Å². The van der Waals surface area contributed by atoms with E-state index >= 15 is 0 Å². The summed E-state index contributed by atoms with van der Waals surface area (Å²) in [4.78, 5) is 4.80. The van der Waals surface area contributed by atoms with Crippen LogP contribution >= 0.6 is 0 Å². The maximum atomic E-state index is 4.80. The molecule has 5 rings (SSSR count). The van der Waals surface area contributed by atoms with Crippen LogP contribution in [0.1, 0.15) is 56.2 Å². The number of nitrogens with zero attached hydrogens (tertiary/aromatic N) is 3. The van der Waals surface area contributed by atoms with Crippen LogP contribution in [0.4, 0.5) is 0 Å². The molecule has 0 radical (unpaired) electrons. The van der Waals surface area contributed by atoms with Crippen LogP contribution in [0.25, 0.3) is 38.4 Å². The number of benzene rings is 2. The lowest BCUT2D eigenvalue weighted by molar-refractivity contribution is -0.735. The van der Waals surface area contributed by atoms with E-state index in [1.807, 2.05) is 6.20 Å². The van der Waals surface area contributed by atoms with E-state index in [1.54, 1.807) is 0 Å². The van der Waals surface area contributed by atoms with Crippen LogP contribution < -0.4 is 4.68 Å². The fraction of sp³-hybridized carbons (Fsp3) is 0.286. The second-order valence-corrected chi connectivity index (χ2v) is 9.27. The van der Waals surface area contributed by atoms with Crippen LogP contribution in [0.2, 0.25) is 0 Å². The molecule has 0 atom stereocenters. The molecule has 3 aromatic heterocycles. The first-order valence-corrected chi connectivity index (χ1v) is 11.2. The predicted molar refractivity (Wildman–Crippen MR) is 130 cm³/mol.